The monoisotopic (exact) mass is 379 g/mol. The molecule has 3 rings (SSSR count). The van der Waals surface area contributed by atoms with E-state index in [-0.39, 0.29) is 6.61 Å². The minimum absolute atomic E-state index is 0.0437. The van der Waals surface area contributed by atoms with Crippen LogP contribution in [0.1, 0.15) is 5.56 Å². The molecule has 0 unspecified atom stereocenters. The van der Waals surface area contributed by atoms with Crippen molar-refractivity contribution < 1.29 is 14.2 Å². The van der Waals surface area contributed by atoms with Gasteiger partial charge in [-0.05, 0) is 24.3 Å². The van der Waals surface area contributed by atoms with Gasteiger partial charge in [-0.25, -0.2) is 4.79 Å². The van der Waals surface area contributed by atoms with E-state index < -0.39 is 11.2 Å². The van der Waals surface area contributed by atoms with Crippen LogP contribution in [-0.2, 0) is 0 Å². The minimum atomic E-state index is -0.646. The van der Waals surface area contributed by atoms with Gasteiger partial charge in [0.2, 0.25) is 5.75 Å². The summed E-state index contributed by atoms with van der Waals surface area (Å²) in [6, 6.07) is 9.95. The number of ether oxygens (including phenoxy) is 3. The SMILES string of the molecule is C#CCOc1c(OC)cc(C=Nn2c(=O)[nH]c3ccccc3c2=O)cc1OC. The molecule has 2 aromatic carbocycles. The van der Waals surface area contributed by atoms with E-state index in [4.69, 9.17) is 20.6 Å². The Hall–Kier alpha value is -3.99. The Morgan fingerprint density at radius 1 is 1.18 bits per heavy atom. The molecule has 1 N–H and O–H groups in total. The van der Waals surface area contributed by atoms with Crippen molar-refractivity contribution in [1.29, 1.82) is 0 Å². The summed E-state index contributed by atoms with van der Waals surface area (Å²) < 4.78 is 16.8. The third kappa shape index (κ3) is 3.59. The molecule has 1 heterocycles. The van der Waals surface area contributed by atoms with Gasteiger partial charge in [-0.15, -0.1) is 11.1 Å². The molecule has 3 aromatic rings. The van der Waals surface area contributed by atoms with Crippen LogP contribution in [0.2, 0.25) is 0 Å². The zero-order valence-corrected chi connectivity index (χ0v) is 15.3. The molecule has 8 nitrogen and oxygen atoms in total. The van der Waals surface area contributed by atoms with E-state index in [0.717, 1.165) is 4.68 Å². The summed E-state index contributed by atoms with van der Waals surface area (Å²) in [7, 11) is 2.94. The number of aromatic nitrogens is 2. The van der Waals surface area contributed by atoms with Gasteiger partial charge in [-0.2, -0.15) is 5.10 Å². The molecule has 8 heteroatoms. The maximum absolute atomic E-state index is 12.5. The summed E-state index contributed by atoms with van der Waals surface area (Å²) in [4.78, 5) is 27.3. The van der Waals surface area contributed by atoms with E-state index in [0.29, 0.717) is 33.7 Å². The lowest BCUT2D eigenvalue weighted by Gasteiger charge is -2.13. The highest BCUT2D eigenvalue weighted by molar-refractivity contribution is 5.82. The molecule has 28 heavy (non-hydrogen) atoms. The molecule has 0 saturated carbocycles. The lowest BCUT2D eigenvalue weighted by atomic mass is 10.2. The molecule has 1 aromatic heterocycles. The predicted molar refractivity (Wildman–Crippen MR) is 106 cm³/mol. The normalized spacial score (nSPS) is 10.8. The highest BCUT2D eigenvalue weighted by Crippen LogP contribution is 2.38. The van der Waals surface area contributed by atoms with Gasteiger partial charge in [-0.3, -0.25) is 4.79 Å². The van der Waals surface area contributed by atoms with Crippen molar-refractivity contribution in [1.82, 2.24) is 9.66 Å². The first-order valence-electron chi connectivity index (χ1n) is 8.19. The molecule has 0 saturated heterocycles. The second kappa shape index (κ2) is 8.14. The first-order chi connectivity index (χ1) is 13.6. The molecule has 0 radical (unpaired) electrons. The van der Waals surface area contributed by atoms with Crippen LogP contribution in [0.5, 0.6) is 17.2 Å². The molecule has 0 amide bonds. The molecule has 0 fully saturated rings. The summed E-state index contributed by atoms with van der Waals surface area (Å²) >= 11 is 0. The van der Waals surface area contributed by atoms with Gasteiger partial charge in [0, 0.05) is 5.56 Å². The van der Waals surface area contributed by atoms with Crippen molar-refractivity contribution in [2.45, 2.75) is 0 Å². The van der Waals surface area contributed by atoms with E-state index >= 15 is 0 Å². The number of methoxy groups -OCH3 is 2. The van der Waals surface area contributed by atoms with Gasteiger partial charge in [0.15, 0.2) is 11.5 Å². The third-order valence-electron chi connectivity index (χ3n) is 3.89. The van der Waals surface area contributed by atoms with Crippen molar-refractivity contribution in [2.75, 3.05) is 20.8 Å². The summed E-state index contributed by atoms with van der Waals surface area (Å²) in [6.07, 6.45) is 6.58. The number of nitrogens with one attached hydrogen (secondary N) is 1. The molecule has 0 atom stereocenters. The lowest BCUT2D eigenvalue weighted by Crippen LogP contribution is -2.32. The molecule has 0 bridgehead atoms. The highest BCUT2D eigenvalue weighted by Gasteiger charge is 2.14. The van der Waals surface area contributed by atoms with Crippen LogP contribution in [0.3, 0.4) is 0 Å². The Morgan fingerprint density at radius 3 is 2.50 bits per heavy atom. The quantitative estimate of drug-likeness (QED) is 0.519. The van der Waals surface area contributed by atoms with Crippen molar-refractivity contribution in [2.24, 2.45) is 5.10 Å². The lowest BCUT2D eigenvalue weighted by molar-refractivity contribution is 0.304. The fourth-order valence-electron chi connectivity index (χ4n) is 2.61. The molecule has 0 aliphatic heterocycles. The third-order valence-corrected chi connectivity index (χ3v) is 3.89. The number of fused-ring (bicyclic) bond motifs is 1. The van der Waals surface area contributed by atoms with Crippen molar-refractivity contribution >= 4 is 17.1 Å². The number of nitrogens with zero attached hydrogens (tertiary/aromatic N) is 2. The number of terminal acetylenes is 1. The van der Waals surface area contributed by atoms with Crippen LogP contribution in [0.4, 0.5) is 0 Å². The van der Waals surface area contributed by atoms with Crippen molar-refractivity contribution in [3.63, 3.8) is 0 Å². The van der Waals surface area contributed by atoms with Crippen LogP contribution >= 0.6 is 0 Å². The van der Waals surface area contributed by atoms with Crippen LogP contribution in [0.25, 0.3) is 10.9 Å². The summed E-state index contributed by atoms with van der Waals surface area (Å²) in [5.41, 5.74) is -0.195. The number of aromatic amines is 1. The molecule has 0 spiro atoms. The largest absolute Gasteiger partial charge is 0.493 e. The van der Waals surface area contributed by atoms with E-state index in [1.807, 2.05) is 0 Å². The number of hydrogen-bond donors (Lipinski definition) is 1. The number of H-pyrrole nitrogens is 1. The maximum Gasteiger partial charge on any atom is 0.349 e. The van der Waals surface area contributed by atoms with Gasteiger partial charge in [-0.1, -0.05) is 18.1 Å². The second-order valence-corrected chi connectivity index (χ2v) is 5.58. The van der Waals surface area contributed by atoms with Gasteiger partial charge >= 0.3 is 5.69 Å². The van der Waals surface area contributed by atoms with Gasteiger partial charge < -0.3 is 19.2 Å². The topological polar surface area (TPSA) is 94.9 Å². The van der Waals surface area contributed by atoms with E-state index in [1.54, 1.807) is 36.4 Å². The fourth-order valence-corrected chi connectivity index (χ4v) is 2.61. The van der Waals surface area contributed by atoms with Crippen molar-refractivity contribution in [3.05, 3.63) is 62.8 Å². The first kappa shape index (κ1) is 18.8. The summed E-state index contributed by atoms with van der Waals surface area (Å²) in [5, 5.41) is 4.37. The number of rotatable bonds is 6. The van der Waals surface area contributed by atoms with E-state index in [1.165, 1.54) is 20.4 Å². The van der Waals surface area contributed by atoms with Gasteiger partial charge in [0.05, 0.1) is 31.3 Å². The van der Waals surface area contributed by atoms with Crippen LogP contribution < -0.4 is 25.5 Å². The Labute approximate surface area is 160 Å². The number of benzene rings is 2. The van der Waals surface area contributed by atoms with Crippen molar-refractivity contribution in [3.8, 4) is 29.6 Å². The van der Waals surface area contributed by atoms with Gasteiger partial charge in [0.25, 0.3) is 5.56 Å². The average molecular weight is 379 g/mol. The number of hydrogen-bond acceptors (Lipinski definition) is 6. The zero-order valence-electron chi connectivity index (χ0n) is 15.3. The summed E-state index contributed by atoms with van der Waals surface area (Å²) in [6.45, 7) is 0.0437. The molecule has 0 aliphatic carbocycles. The fraction of sp³-hybridized carbons (Fsp3) is 0.150. The van der Waals surface area contributed by atoms with Gasteiger partial charge in [0.1, 0.15) is 6.61 Å². The van der Waals surface area contributed by atoms with Crippen LogP contribution in [0, 0.1) is 12.3 Å². The summed E-state index contributed by atoms with van der Waals surface area (Å²) in [5.74, 6) is 3.46. The first-order valence-corrected chi connectivity index (χ1v) is 8.19. The minimum Gasteiger partial charge on any atom is -0.493 e. The standard InChI is InChI=1S/C20H17N3O5/c1-4-9-28-18-16(26-2)10-13(11-17(18)27-3)12-21-23-19(24)14-7-5-6-8-15(14)22-20(23)25/h1,5-8,10-12H,9H2,2-3H3,(H,22,25). The Balaban J connectivity index is 2.06. The molecule has 0 aliphatic rings. The Bertz CT molecular complexity index is 1180. The average Bonchev–Trinajstić information content (AvgIpc) is 2.71. The highest BCUT2D eigenvalue weighted by atomic mass is 16.5. The maximum atomic E-state index is 12.5. The molecule has 142 valence electrons. The zero-order chi connectivity index (χ0) is 20.1. The van der Waals surface area contributed by atoms with E-state index in [9.17, 15) is 9.59 Å². The molecular weight excluding hydrogens is 362 g/mol. The predicted octanol–water partition coefficient (Wildman–Crippen LogP) is 1.60. The second-order valence-electron chi connectivity index (χ2n) is 5.58. The van der Waals surface area contributed by atoms with Crippen LogP contribution in [0.15, 0.2) is 51.1 Å². The Kier molecular flexibility index (Phi) is 5.46. The van der Waals surface area contributed by atoms with Crippen LogP contribution in [-0.4, -0.2) is 36.7 Å². The molecular formula is C20H17N3O5. The number of para-hydroxylation sites is 1. The Morgan fingerprint density at radius 2 is 1.86 bits per heavy atom. The van der Waals surface area contributed by atoms with E-state index in [2.05, 4.69) is 16.0 Å². The smallest absolute Gasteiger partial charge is 0.349 e.